The van der Waals surface area contributed by atoms with Gasteiger partial charge >= 0.3 is 0 Å². The van der Waals surface area contributed by atoms with Crippen molar-refractivity contribution in [2.75, 3.05) is 6.61 Å². The number of aliphatic hydroxyl groups is 1. The van der Waals surface area contributed by atoms with Crippen molar-refractivity contribution in [3.8, 4) is 11.3 Å². The van der Waals surface area contributed by atoms with Gasteiger partial charge in [-0.1, -0.05) is 17.3 Å². The molecule has 1 aromatic carbocycles. The summed E-state index contributed by atoms with van der Waals surface area (Å²) in [4.78, 5) is 0. The maximum atomic E-state index is 13.0. The molecule has 0 fully saturated rings. The van der Waals surface area contributed by atoms with Gasteiger partial charge in [0.1, 0.15) is 5.82 Å². The number of halogens is 1. The van der Waals surface area contributed by atoms with Crippen molar-refractivity contribution >= 4 is 0 Å². The Balaban J connectivity index is 2.40. The Bertz CT molecular complexity index is 455. The monoisotopic (exact) mass is 207 g/mol. The highest BCUT2D eigenvalue weighted by molar-refractivity contribution is 5.58. The van der Waals surface area contributed by atoms with Gasteiger partial charge in [-0.2, -0.15) is 0 Å². The Morgan fingerprint density at radius 1 is 1.40 bits per heavy atom. The molecule has 0 unspecified atom stereocenters. The number of rotatable bonds is 3. The molecular weight excluding hydrogens is 197 g/mol. The number of hydrogen-bond acceptors (Lipinski definition) is 3. The standard InChI is InChI=1S/C10H10FN3O/c11-9-3-1-2-8(6-9)10-7-12-13-14(10)4-5-15/h1-3,6-7,15H,4-5H2. The maximum Gasteiger partial charge on any atom is 0.123 e. The molecule has 78 valence electrons. The second-order valence-corrected chi connectivity index (χ2v) is 3.08. The van der Waals surface area contributed by atoms with E-state index in [-0.39, 0.29) is 12.4 Å². The molecule has 0 bridgehead atoms. The van der Waals surface area contributed by atoms with E-state index in [1.165, 1.54) is 16.8 Å². The smallest absolute Gasteiger partial charge is 0.123 e. The van der Waals surface area contributed by atoms with Gasteiger partial charge in [-0.15, -0.1) is 5.10 Å². The molecule has 0 aliphatic carbocycles. The minimum atomic E-state index is -0.302. The normalized spacial score (nSPS) is 10.5. The second kappa shape index (κ2) is 4.18. The molecule has 15 heavy (non-hydrogen) atoms. The fourth-order valence-electron chi connectivity index (χ4n) is 1.39. The van der Waals surface area contributed by atoms with Crippen LogP contribution in [0.15, 0.2) is 30.5 Å². The molecule has 0 saturated carbocycles. The van der Waals surface area contributed by atoms with Crippen molar-refractivity contribution in [2.45, 2.75) is 6.54 Å². The molecule has 0 spiro atoms. The zero-order valence-corrected chi connectivity index (χ0v) is 7.97. The Morgan fingerprint density at radius 3 is 3.00 bits per heavy atom. The summed E-state index contributed by atoms with van der Waals surface area (Å²) in [5.41, 5.74) is 1.40. The first-order valence-electron chi connectivity index (χ1n) is 4.56. The Kier molecular flexibility index (Phi) is 2.73. The minimum absolute atomic E-state index is 0.0221. The molecule has 1 N–H and O–H groups in total. The van der Waals surface area contributed by atoms with Crippen molar-refractivity contribution in [1.82, 2.24) is 15.0 Å². The fourth-order valence-corrected chi connectivity index (χ4v) is 1.39. The molecule has 0 atom stereocenters. The number of aromatic nitrogens is 3. The van der Waals surface area contributed by atoms with Gasteiger partial charge in [0, 0.05) is 5.56 Å². The number of hydrogen-bond donors (Lipinski definition) is 1. The lowest BCUT2D eigenvalue weighted by molar-refractivity contribution is 0.269. The summed E-state index contributed by atoms with van der Waals surface area (Å²) < 4.78 is 14.5. The van der Waals surface area contributed by atoms with Crippen molar-refractivity contribution < 1.29 is 9.50 Å². The average Bonchev–Trinajstić information content (AvgIpc) is 2.66. The van der Waals surface area contributed by atoms with E-state index in [4.69, 9.17) is 5.11 Å². The van der Waals surface area contributed by atoms with Gasteiger partial charge in [0.15, 0.2) is 0 Å². The molecule has 0 amide bonds. The third-order valence-electron chi connectivity index (χ3n) is 2.05. The number of benzene rings is 1. The molecule has 0 radical (unpaired) electrons. The van der Waals surface area contributed by atoms with Gasteiger partial charge in [0.2, 0.25) is 0 Å². The van der Waals surface area contributed by atoms with Gasteiger partial charge in [0.25, 0.3) is 0 Å². The molecule has 1 aromatic heterocycles. The Morgan fingerprint density at radius 2 is 2.27 bits per heavy atom. The van der Waals surface area contributed by atoms with Gasteiger partial charge < -0.3 is 5.11 Å². The van der Waals surface area contributed by atoms with Crippen LogP contribution < -0.4 is 0 Å². The minimum Gasteiger partial charge on any atom is -0.394 e. The van der Waals surface area contributed by atoms with E-state index in [0.717, 1.165) is 0 Å². The van der Waals surface area contributed by atoms with Crippen LogP contribution in [0, 0.1) is 5.82 Å². The maximum absolute atomic E-state index is 13.0. The van der Waals surface area contributed by atoms with Gasteiger partial charge in [-0.3, -0.25) is 0 Å². The van der Waals surface area contributed by atoms with Crippen LogP contribution in [0.2, 0.25) is 0 Å². The van der Waals surface area contributed by atoms with Gasteiger partial charge in [-0.05, 0) is 12.1 Å². The van der Waals surface area contributed by atoms with Crippen LogP contribution in [0.5, 0.6) is 0 Å². The molecular formula is C10H10FN3O. The summed E-state index contributed by atoms with van der Waals surface area (Å²) in [6.45, 7) is 0.331. The van der Waals surface area contributed by atoms with E-state index in [1.807, 2.05) is 0 Å². The molecule has 5 heteroatoms. The lowest BCUT2D eigenvalue weighted by Gasteiger charge is -2.03. The topological polar surface area (TPSA) is 50.9 Å². The van der Waals surface area contributed by atoms with E-state index < -0.39 is 0 Å². The third-order valence-corrected chi connectivity index (χ3v) is 2.05. The summed E-state index contributed by atoms with van der Waals surface area (Å²) in [5.74, 6) is -0.302. The van der Waals surface area contributed by atoms with E-state index in [0.29, 0.717) is 17.8 Å². The van der Waals surface area contributed by atoms with Crippen LogP contribution in [-0.2, 0) is 6.54 Å². The molecule has 2 aromatic rings. The summed E-state index contributed by atoms with van der Waals surface area (Å²) in [6, 6.07) is 6.19. The summed E-state index contributed by atoms with van der Waals surface area (Å²) >= 11 is 0. The quantitative estimate of drug-likeness (QED) is 0.819. The van der Waals surface area contributed by atoms with Crippen LogP contribution >= 0.6 is 0 Å². The average molecular weight is 207 g/mol. The van der Waals surface area contributed by atoms with E-state index in [2.05, 4.69) is 10.3 Å². The highest BCUT2D eigenvalue weighted by Crippen LogP contribution is 2.18. The lowest BCUT2D eigenvalue weighted by atomic mass is 10.1. The highest BCUT2D eigenvalue weighted by Gasteiger charge is 2.06. The SMILES string of the molecule is OCCn1nncc1-c1cccc(F)c1. The predicted octanol–water partition coefficient (Wildman–Crippen LogP) is 1.08. The van der Waals surface area contributed by atoms with Crippen molar-refractivity contribution in [3.05, 3.63) is 36.3 Å². The first-order valence-corrected chi connectivity index (χ1v) is 4.56. The largest absolute Gasteiger partial charge is 0.394 e. The molecule has 0 saturated heterocycles. The Labute approximate surface area is 86.0 Å². The van der Waals surface area contributed by atoms with Crippen LogP contribution in [0.4, 0.5) is 4.39 Å². The van der Waals surface area contributed by atoms with Gasteiger partial charge in [-0.25, -0.2) is 9.07 Å². The lowest BCUT2D eigenvalue weighted by Crippen LogP contribution is -2.05. The number of aliphatic hydroxyl groups excluding tert-OH is 1. The third kappa shape index (κ3) is 2.02. The zero-order chi connectivity index (χ0) is 10.7. The van der Waals surface area contributed by atoms with E-state index in [1.54, 1.807) is 18.3 Å². The Hall–Kier alpha value is -1.75. The van der Waals surface area contributed by atoms with Crippen LogP contribution in [0.25, 0.3) is 11.3 Å². The van der Waals surface area contributed by atoms with Gasteiger partial charge in [0.05, 0.1) is 25.0 Å². The fraction of sp³-hybridized carbons (Fsp3) is 0.200. The molecule has 0 aliphatic heterocycles. The molecule has 0 aliphatic rings. The second-order valence-electron chi connectivity index (χ2n) is 3.08. The van der Waals surface area contributed by atoms with E-state index >= 15 is 0 Å². The zero-order valence-electron chi connectivity index (χ0n) is 7.97. The van der Waals surface area contributed by atoms with E-state index in [9.17, 15) is 4.39 Å². The van der Waals surface area contributed by atoms with Crippen molar-refractivity contribution in [1.29, 1.82) is 0 Å². The summed E-state index contributed by atoms with van der Waals surface area (Å²) in [7, 11) is 0. The van der Waals surface area contributed by atoms with Crippen LogP contribution in [0.3, 0.4) is 0 Å². The molecule has 1 heterocycles. The van der Waals surface area contributed by atoms with Crippen molar-refractivity contribution in [3.63, 3.8) is 0 Å². The van der Waals surface area contributed by atoms with Crippen LogP contribution in [0.1, 0.15) is 0 Å². The summed E-state index contributed by atoms with van der Waals surface area (Å²) in [6.07, 6.45) is 1.55. The highest BCUT2D eigenvalue weighted by atomic mass is 19.1. The summed E-state index contributed by atoms with van der Waals surface area (Å²) in [5, 5.41) is 16.3. The van der Waals surface area contributed by atoms with Crippen molar-refractivity contribution in [2.24, 2.45) is 0 Å². The molecule has 4 nitrogen and oxygen atoms in total. The first-order chi connectivity index (χ1) is 7.31. The molecule has 2 rings (SSSR count). The van der Waals surface area contributed by atoms with Crippen LogP contribution in [-0.4, -0.2) is 26.7 Å². The number of nitrogens with zero attached hydrogens (tertiary/aromatic N) is 3. The first kappa shape index (κ1) is 9.79. The predicted molar refractivity (Wildman–Crippen MR) is 52.5 cm³/mol.